The van der Waals surface area contributed by atoms with Crippen molar-refractivity contribution in [1.29, 1.82) is 0 Å². The van der Waals surface area contributed by atoms with Crippen molar-refractivity contribution >= 4 is 5.91 Å². The van der Waals surface area contributed by atoms with Gasteiger partial charge in [0, 0.05) is 5.57 Å². The molecule has 0 aliphatic rings. The molecule has 0 heterocycles. The zero-order chi connectivity index (χ0) is 19.2. The summed E-state index contributed by atoms with van der Waals surface area (Å²) in [5.74, 6) is -0.202. The van der Waals surface area contributed by atoms with Gasteiger partial charge in [0.25, 0.3) is 0 Å². The van der Waals surface area contributed by atoms with Crippen LogP contribution in [-0.2, 0) is 11.2 Å². The molecule has 1 unspecified atom stereocenters. The molecule has 3 heteroatoms. The Labute approximate surface area is 160 Å². The summed E-state index contributed by atoms with van der Waals surface area (Å²) in [5.41, 5.74) is 8.75. The Bertz CT molecular complexity index is 522. The van der Waals surface area contributed by atoms with Crippen LogP contribution in [0.3, 0.4) is 0 Å². The second-order valence-electron chi connectivity index (χ2n) is 7.41. The number of hydrogen-bond donors (Lipinski definition) is 2. The van der Waals surface area contributed by atoms with Crippen molar-refractivity contribution < 1.29 is 4.79 Å². The van der Waals surface area contributed by atoms with Gasteiger partial charge in [-0.3, -0.25) is 4.79 Å². The van der Waals surface area contributed by atoms with E-state index in [-0.39, 0.29) is 5.91 Å². The number of carbonyl (C=O) groups excluding carboxylic acids is 1. The molecule has 0 saturated heterocycles. The number of nitrogens with two attached hydrogens (primary N) is 1. The Hall–Kier alpha value is -1.61. The quantitative estimate of drug-likeness (QED) is 0.251. The van der Waals surface area contributed by atoms with Gasteiger partial charge in [-0.1, -0.05) is 95.6 Å². The van der Waals surface area contributed by atoms with E-state index in [0.717, 1.165) is 12.0 Å². The number of nitrogens with one attached hydrogen (secondary N) is 1. The Balaban J connectivity index is 2.15. The van der Waals surface area contributed by atoms with Crippen LogP contribution in [0.2, 0.25) is 0 Å². The maximum atomic E-state index is 11.6. The smallest absolute Gasteiger partial charge is 0.247 e. The number of unbranched alkanes of at least 4 members (excludes halogenated alkanes) is 9. The van der Waals surface area contributed by atoms with Gasteiger partial charge in [-0.2, -0.15) is 0 Å². The molecule has 0 radical (unpaired) electrons. The average Bonchev–Trinajstić information content (AvgIpc) is 2.63. The van der Waals surface area contributed by atoms with Crippen molar-refractivity contribution in [1.82, 2.24) is 5.32 Å². The van der Waals surface area contributed by atoms with Crippen LogP contribution in [0, 0.1) is 0 Å². The lowest BCUT2D eigenvalue weighted by Gasteiger charge is -2.14. The van der Waals surface area contributed by atoms with Crippen LogP contribution in [0.15, 0.2) is 36.4 Å². The fourth-order valence-corrected chi connectivity index (χ4v) is 3.06. The topological polar surface area (TPSA) is 55.1 Å². The Morgan fingerprint density at radius 3 is 1.96 bits per heavy atom. The molecule has 0 aliphatic heterocycles. The number of aryl methyl sites for hydroxylation is 1. The molecule has 0 aromatic heterocycles. The molecule has 1 aromatic carbocycles. The molecular weight excluding hydrogens is 320 g/mol. The van der Waals surface area contributed by atoms with Crippen molar-refractivity contribution in [2.45, 2.75) is 90.6 Å². The minimum absolute atomic E-state index is 0.202. The molecule has 1 amide bonds. The second-order valence-corrected chi connectivity index (χ2v) is 7.41. The molecule has 0 saturated carbocycles. The molecule has 1 rings (SSSR count). The van der Waals surface area contributed by atoms with E-state index in [4.69, 9.17) is 5.73 Å². The van der Waals surface area contributed by atoms with Crippen molar-refractivity contribution in [3.63, 3.8) is 0 Å². The summed E-state index contributed by atoms with van der Waals surface area (Å²) in [6, 6.07) is 8.26. The average molecular weight is 359 g/mol. The third kappa shape index (κ3) is 9.76. The van der Waals surface area contributed by atoms with Crippen molar-refractivity contribution in [3.05, 3.63) is 47.5 Å². The first-order chi connectivity index (χ1) is 12.5. The fourth-order valence-electron chi connectivity index (χ4n) is 3.06. The van der Waals surface area contributed by atoms with Crippen molar-refractivity contribution in [2.75, 3.05) is 0 Å². The summed E-state index contributed by atoms with van der Waals surface area (Å²) < 4.78 is 0. The van der Waals surface area contributed by atoms with E-state index in [1.807, 2.05) is 12.1 Å². The van der Waals surface area contributed by atoms with Crippen molar-refractivity contribution in [3.8, 4) is 0 Å². The Morgan fingerprint density at radius 2 is 1.46 bits per heavy atom. The third-order valence-corrected chi connectivity index (χ3v) is 4.83. The summed E-state index contributed by atoms with van der Waals surface area (Å²) in [4.78, 5) is 11.6. The van der Waals surface area contributed by atoms with Gasteiger partial charge in [-0.15, -0.1) is 0 Å². The zero-order valence-electron chi connectivity index (χ0n) is 16.9. The number of benzene rings is 1. The first kappa shape index (κ1) is 22.4. The van der Waals surface area contributed by atoms with Crippen LogP contribution in [0.1, 0.15) is 95.3 Å². The molecule has 0 spiro atoms. The highest BCUT2D eigenvalue weighted by molar-refractivity contribution is 5.92. The molecular formula is C23H38N2O. The molecule has 1 atom stereocenters. The van der Waals surface area contributed by atoms with Gasteiger partial charge in [0.2, 0.25) is 5.91 Å². The summed E-state index contributed by atoms with van der Waals surface area (Å²) in [6.07, 6.45) is 14.3. The van der Waals surface area contributed by atoms with Crippen LogP contribution < -0.4 is 11.1 Å². The Kier molecular flexibility index (Phi) is 11.7. The largest absolute Gasteiger partial charge is 0.333 e. The normalized spacial score (nSPS) is 12.0. The van der Waals surface area contributed by atoms with E-state index in [0.29, 0.717) is 5.57 Å². The fraction of sp³-hybridized carbons (Fsp3) is 0.609. The maximum absolute atomic E-state index is 11.6. The monoisotopic (exact) mass is 358 g/mol. The summed E-state index contributed by atoms with van der Waals surface area (Å²) in [6.45, 7) is 7.57. The van der Waals surface area contributed by atoms with E-state index in [1.165, 1.54) is 69.8 Å². The molecule has 0 bridgehead atoms. The van der Waals surface area contributed by atoms with E-state index in [9.17, 15) is 4.79 Å². The standard InChI is InChI=1S/C23H38N2O/c1-4-5-6-7-8-9-10-11-12-13-14-20-15-17-21(18-16-20)22(24)25-23(26)19(2)3/h15-18,22H,2,4-14,24H2,1,3H3,(H,25,26). The molecule has 3 N–H and O–H groups in total. The predicted octanol–water partition coefficient (Wildman–Crippen LogP) is 5.80. The molecule has 26 heavy (non-hydrogen) atoms. The zero-order valence-corrected chi connectivity index (χ0v) is 16.9. The number of amides is 1. The molecule has 146 valence electrons. The predicted molar refractivity (Wildman–Crippen MR) is 112 cm³/mol. The molecule has 0 aliphatic carbocycles. The van der Waals surface area contributed by atoms with Gasteiger partial charge in [0.15, 0.2) is 0 Å². The van der Waals surface area contributed by atoms with Crippen LogP contribution in [0.5, 0.6) is 0 Å². The van der Waals surface area contributed by atoms with E-state index >= 15 is 0 Å². The van der Waals surface area contributed by atoms with Gasteiger partial charge >= 0.3 is 0 Å². The second kappa shape index (κ2) is 13.6. The van der Waals surface area contributed by atoms with Crippen LogP contribution in [0.25, 0.3) is 0 Å². The van der Waals surface area contributed by atoms with Crippen LogP contribution >= 0.6 is 0 Å². The Morgan fingerprint density at radius 1 is 0.962 bits per heavy atom. The van der Waals surface area contributed by atoms with Gasteiger partial charge in [0.05, 0.1) is 0 Å². The van der Waals surface area contributed by atoms with E-state index < -0.39 is 6.17 Å². The highest BCUT2D eigenvalue weighted by Gasteiger charge is 2.10. The third-order valence-electron chi connectivity index (χ3n) is 4.83. The lowest BCUT2D eigenvalue weighted by molar-refractivity contribution is -0.118. The van der Waals surface area contributed by atoms with E-state index in [2.05, 4.69) is 31.0 Å². The first-order valence-corrected chi connectivity index (χ1v) is 10.4. The number of hydrogen-bond acceptors (Lipinski definition) is 2. The summed E-state index contributed by atoms with van der Waals surface area (Å²) in [5, 5.41) is 2.74. The lowest BCUT2D eigenvalue weighted by atomic mass is 10.0. The van der Waals surface area contributed by atoms with Gasteiger partial charge in [-0.25, -0.2) is 0 Å². The van der Waals surface area contributed by atoms with Gasteiger partial charge in [-0.05, 0) is 30.9 Å². The lowest BCUT2D eigenvalue weighted by Crippen LogP contribution is -2.34. The van der Waals surface area contributed by atoms with E-state index in [1.54, 1.807) is 6.92 Å². The van der Waals surface area contributed by atoms with Gasteiger partial charge in [0.1, 0.15) is 6.17 Å². The van der Waals surface area contributed by atoms with Crippen LogP contribution in [-0.4, -0.2) is 5.91 Å². The molecule has 1 aromatic rings. The highest BCUT2D eigenvalue weighted by Crippen LogP contribution is 2.14. The van der Waals surface area contributed by atoms with Gasteiger partial charge < -0.3 is 11.1 Å². The molecule has 0 fully saturated rings. The first-order valence-electron chi connectivity index (χ1n) is 10.4. The minimum atomic E-state index is -0.481. The maximum Gasteiger partial charge on any atom is 0.247 e. The number of carbonyl (C=O) groups is 1. The molecule has 3 nitrogen and oxygen atoms in total. The SMILES string of the molecule is C=C(C)C(=O)NC(N)c1ccc(CCCCCCCCCCCC)cc1. The summed E-state index contributed by atoms with van der Waals surface area (Å²) in [7, 11) is 0. The van der Waals surface area contributed by atoms with Crippen molar-refractivity contribution in [2.24, 2.45) is 5.73 Å². The highest BCUT2D eigenvalue weighted by atomic mass is 16.1. The minimum Gasteiger partial charge on any atom is -0.333 e. The van der Waals surface area contributed by atoms with Crippen LogP contribution in [0.4, 0.5) is 0 Å². The number of rotatable bonds is 14. The summed E-state index contributed by atoms with van der Waals surface area (Å²) >= 11 is 0.